The maximum absolute atomic E-state index is 14.3. The zero-order valence-electron chi connectivity index (χ0n) is 24.6. The normalized spacial score (nSPS) is 21.1. The number of aliphatic hydroxyl groups is 1. The highest BCUT2D eigenvalue weighted by Crippen LogP contribution is 2.69. The number of hydrogen-bond acceptors (Lipinski definition) is 8. The molecule has 0 amide bonds. The Hall–Kier alpha value is -5.28. The Balaban J connectivity index is 1.62. The van der Waals surface area contributed by atoms with Crippen molar-refractivity contribution in [3.05, 3.63) is 129 Å². The minimum Gasteiger partial charge on any atom is -0.497 e. The number of nitrogens with zero attached hydrogens (tertiary/aromatic N) is 1. The van der Waals surface area contributed by atoms with Crippen molar-refractivity contribution < 1.29 is 28.8 Å². The van der Waals surface area contributed by atoms with Crippen molar-refractivity contribution in [2.24, 2.45) is 0 Å². The number of ether oxygens (including phenoxy) is 5. The van der Waals surface area contributed by atoms with Gasteiger partial charge in [-0.05, 0) is 29.8 Å². The monoisotopic (exact) mass is 590 g/mol. The fourth-order valence-corrected chi connectivity index (χ4v) is 6.73. The first-order valence-corrected chi connectivity index (χ1v) is 14.1. The van der Waals surface area contributed by atoms with Crippen LogP contribution >= 0.6 is 0 Å². The summed E-state index contributed by atoms with van der Waals surface area (Å²) in [5.74, 6) is 1.91. The summed E-state index contributed by atoms with van der Waals surface area (Å²) in [6, 6.07) is 27.5. The van der Waals surface area contributed by atoms with Crippen LogP contribution in [0, 0.1) is 0 Å². The third-order valence-corrected chi connectivity index (χ3v) is 8.65. The van der Waals surface area contributed by atoms with Crippen LogP contribution in [0.3, 0.4) is 0 Å². The van der Waals surface area contributed by atoms with E-state index in [4.69, 9.17) is 28.7 Å². The van der Waals surface area contributed by atoms with Gasteiger partial charge in [-0.25, -0.2) is 4.98 Å². The first-order valence-electron chi connectivity index (χ1n) is 14.1. The van der Waals surface area contributed by atoms with Gasteiger partial charge >= 0.3 is 0 Å². The molecule has 0 spiro atoms. The molecule has 9 nitrogen and oxygen atoms in total. The third kappa shape index (κ3) is 3.69. The number of methoxy groups -OCH3 is 4. The van der Waals surface area contributed by atoms with Gasteiger partial charge in [-0.3, -0.25) is 4.79 Å². The first-order chi connectivity index (χ1) is 21.4. The van der Waals surface area contributed by atoms with Crippen molar-refractivity contribution in [1.29, 1.82) is 0 Å². The van der Waals surface area contributed by atoms with Gasteiger partial charge in [-0.1, -0.05) is 54.6 Å². The third-order valence-electron chi connectivity index (χ3n) is 8.65. The predicted octanol–water partition coefficient (Wildman–Crippen LogP) is 5.14. The molecular formula is C35H30N2O7. The van der Waals surface area contributed by atoms with Crippen molar-refractivity contribution in [2.45, 2.75) is 17.1 Å². The van der Waals surface area contributed by atoms with Crippen molar-refractivity contribution in [3.8, 4) is 40.1 Å². The van der Waals surface area contributed by atoms with E-state index in [0.29, 0.717) is 51.0 Å². The average Bonchev–Trinajstić information content (AvgIpc) is 3.47. The van der Waals surface area contributed by atoms with Crippen LogP contribution in [0.2, 0.25) is 0 Å². The molecule has 44 heavy (non-hydrogen) atoms. The van der Waals surface area contributed by atoms with Crippen LogP contribution < -0.4 is 29.2 Å². The van der Waals surface area contributed by atoms with E-state index in [2.05, 4.69) is 4.98 Å². The van der Waals surface area contributed by atoms with Gasteiger partial charge in [0, 0.05) is 23.3 Å². The maximum Gasteiger partial charge on any atom is 0.255 e. The van der Waals surface area contributed by atoms with Crippen molar-refractivity contribution in [3.63, 3.8) is 0 Å². The number of rotatable bonds is 7. The van der Waals surface area contributed by atoms with Crippen LogP contribution in [0.1, 0.15) is 33.9 Å². The highest BCUT2D eigenvalue weighted by atomic mass is 16.5. The zero-order valence-corrected chi connectivity index (χ0v) is 24.6. The van der Waals surface area contributed by atoms with Crippen LogP contribution in [-0.4, -0.2) is 43.5 Å². The van der Waals surface area contributed by atoms with E-state index in [-0.39, 0.29) is 11.5 Å². The van der Waals surface area contributed by atoms with Crippen LogP contribution in [0.15, 0.2) is 95.8 Å². The molecule has 1 aromatic heterocycles. The summed E-state index contributed by atoms with van der Waals surface area (Å²) in [5.41, 5.74) is -1.12. The molecule has 2 N–H and O–H groups in total. The van der Waals surface area contributed by atoms with Gasteiger partial charge in [-0.2, -0.15) is 0 Å². The second kappa shape index (κ2) is 10.2. The highest BCUT2D eigenvalue weighted by Gasteiger charge is 2.73. The largest absolute Gasteiger partial charge is 0.497 e. The lowest BCUT2D eigenvalue weighted by Crippen LogP contribution is -2.49. The van der Waals surface area contributed by atoms with E-state index in [9.17, 15) is 9.90 Å². The minimum absolute atomic E-state index is 0.172. The molecule has 0 unspecified atom stereocenters. The Labute approximate surface area is 253 Å². The number of benzene rings is 4. The van der Waals surface area contributed by atoms with E-state index >= 15 is 0 Å². The standard InChI is InChI=1S/C35H30N2O7/c1-40-23-15-13-22(14-16-23)35-29(20-9-6-5-7-10-20)28-31(36-32(37-33(28)38)21-11-8-12-24(17-21)41-2)34(35,39)30-26(43-4)18-25(42-3)19-27(30)44-35/h5-19,29,39H,1-4H3,(H,36,37,38)/t29-,34+,35+/m1/s1. The molecule has 4 aromatic carbocycles. The quantitative estimate of drug-likeness (QED) is 0.268. The molecule has 0 fully saturated rings. The van der Waals surface area contributed by atoms with Crippen molar-refractivity contribution in [1.82, 2.24) is 9.97 Å². The number of nitrogens with one attached hydrogen (secondary N) is 1. The second-order valence-corrected chi connectivity index (χ2v) is 10.7. The molecule has 222 valence electrons. The minimum atomic E-state index is -1.98. The molecule has 2 aliphatic rings. The lowest BCUT2D eigenvalue weighted by atomic mass is 9.70. The molecule has 7 rings (SSSR count). The van der Waals surface area contributed by atoms with Crippen LogP contribution in [-0.2, 0) is 11.2 Å². The molecule has 0 radical (unpaired) electrons. The van der Waals surface area contributed by atoms with E-state index < -0.39 is 22.7 Å². The topological polar surface area (TPSA) is 112 Å². The molecule has 3 atom stereocenters. The van der Waals surface area contributed by atoms with Gasteiger partial charge in [0.15, 0.2) is 11.2 Å². The summed E-state index contributed by atoms with van der Waals surface area (Å²) >= 11 is 0. The number of aromatic amines is 1. The smallest absolute Gasteiger partial charge is 0.255 e. The van der Waals surface area contributed by atoms with E-state index in [1.165, 1.54) is 7.11 Å². The Kier molecular flexibility index (Phi) is 6.37. The van der Waals surface area contributed by atoms with Gasteiger partial charge in [-0.15, -0.1) is 0 Å². The first kappa shape index (κ1) is 27.5. The van der Waals surface area contributed by atoms with Crippen LogP contribution in [0.5, 0.6) is 28.7 Å². The Morgan fingerprint density at radius 2 is 1.52 bits per heavy atom. The molecule has 1 aliphatic carbocycles. The molecule has 0 bridgehead atoms. The van der Waals surface area contributed by atoms with Gasteiger partial charge in [0.25, 0.3) is 5.56 Å². The molecule has 1 aliphatic heterocycles. The maximum atomic E-state index is 14.3. The van der Waals surface area contributed by atoms with Gasteiger partial charge in [0.2, 0.25) is 0 Å². The molecule has 0 saturated carbocycles. The fraction of sp³-hybridized carbons (Fsp3) is 0.200. The van der Waals surface area contributed by atoms with Crippen molar-refractivity contribution >= 4 is 0 Å². The molecule has 2 heterocycles. The summed E-state index contributed by atoms with van der Waals surface area (Å²) in [7, 11) is 6.23. The zero-order chi connectivity index (χ0) is 30.6. The van der Waals surface area contributed by atoms with Crippen LogP contribution in [0.4, 0.5) is 0 Å². The second-order valence-electron chi connectivity index (χ2n) is 10.7. The SMILES string of the molecule is COc1ccc([C@@]23Oc4cc(OC)cc(OC)c4[C@]2(O)c2nc(-c4cccc(OC)c4)[nH]c(=O)c2[C@H]3c2ccccc2)cc1. The lowest BCUT2D eigenvalue weighted by molar-refractivity contribution is -0.0909. The molecule has 0 saturated heterocycles. The summed E-state index contributed by atoms with van der Waals surface area (Å²) < 4.78 is 29.3. The van der Waals surface area contributed by atoms with E-state index in [0.717, 1.165) is 5.56 Å². The van der Waals surface area contributed by atoms with Crippen LogP contribution in [0.25, 0.3) is 11.4 Å². The molecule has 9 heteroatoms. The lowest BCUT2D eigenvalue weighted by Gasteiger charge is -2.40. The summed E-state index contributed by atoms with van der Waals surface area (Å²) in [5, 5.41) is 13.5. The number of H-pyrrole nitrogens is 1. The Bertz CT molecular complexity index is 1940. The number of fused-ring (bicyclic) bond motifs is 5. The number of hydrogen-bond donors (Lipinski definition) is 2. The predicted molar refractivity (Wildman–Crippen MR) is 163 cm³/mol. The van der Waals surface area contributed by atoms with Gasteiger partial charge < -0.3 is 33.8 Å². The van der Waals surface area contributed by atoms with Gasteiger partial charge in [0.1, 0.15) is 34.6 Å². The summed E-state index contributed by atoms with van der Waals surface area (Å²) in [6.45, 7) is 0. The Morgan fingerprint density at radius 3 is 2.20 bits per heavy atom. The van der Waals surface area contributed by atoms with Gasteiger partial charge in [0.05, 0.1) is 51.2 Å². The van der Waals surface area contributed by atoms with E-state index in [1.54, 1.807) is 51.7 Å². The summed E-state index contributed by atoms with van der Waals surface area (Å²) in [4.78, 5) is 22.3. The van der Waals surface area contributed by atoms with E-state index in [1.807, 2.05) is 60.7 Å². The highest BCUT2D eigenvalue weighted by molar-refractivity contribution is 5.70. The average molecular weight is 591 g/mol. The number of aromatic nitrogens is 2. The summed E-state index contributed by atoms with van der Waals surface area (Å²) in [6.07, 6.45) is 0. The van der Waals surface area contributed by atoms with Crippen molar-refractivity contribution in [2.75, 3.05) is 28.4 Å². The fourth-order valence-electron chi connectivity index (χ4n) is 6.73. The molecular weight excluding hydrogens is 560 g/mol. The Morgan fingerprint density at radius 1 is 0.795 bits per heavy atom. The molecule has 5 aromatic rings.